The highest BCUT2D eigenvalue weighted by atomic mass is 15.1. The zero-order valence-corrected chi connectivity index (χ0v) is 27.2. The molecule has 5 aromatic heterocycles. The molecule has 0 amide bonds. The van der Waals surface area contributed by atoms with Gasteiger partial charge in [-0.3, -0.25) is 14.5 Å². The lowest BCUT2D eigenvalue weighted by Gasteiger charge is -2.13. The maximum atomic E-state index is 5.20. The van der Waals surface area contributed by atoms with Gasteiger partial charge in [0.2, 0.25) is 0 Å². The molecule has 0 spiro atoms. The smallest absolute Gasteiger partial charge is 0.162 e. The van der Waals surface area contributed by atoms with Gasteiger partial charge in [-0.05, 0) is 71.8 Å². The maximum absolute atomic E-state index is 5.20. The summed E-state index contributed by atoms with van der Waals surface area (Å²) >= 11 is 0. The van der Waals surface area contributed by atoms with Gasteiger partial charge in [0.1, 0.15) is 5.82 Å². The van der Waals surface area contributed by atoms with Crippen LogP contribution in [-0.2, 0) is 0 Å². The molecule has 0 saturated heterocycles. The van der Waals surface area contributed by atoms with Crippen LogP contribution in [0.5, 0.6) is 0 Å². The highest BCUT2D eigenvalue weighted by Gasteiger charge is 2.19. The summed E-state index contributed by atoms with van der Waals surface area (Å²) in [7, 11) is 0. The largest absolute Gasteiger partial charge is 0.292 e. The molecule has 10 aromatic rings. The van der Waals surface area contributed by atoms with Crippen LogP contribution in [-0.4, -0.2) is 34.5 Å². The van der Waals surface area contributed by atoms with Crippen molar-refractivity contribution in [2.24, 2.45) is 0 Å². The molecule has 0 saturated carbocycles. The molecule has 5 aromatic carbocycles. The lowest BCUT2D eigenvalue weighted by atomic mass is 9.99. The SMILES string of the molecule is c1ccc(-c2nc(-c3cccnc3)c3cc(-c4ccc5c(c4)c4ncccc4n5-c4nc(-c5ccccc5)nc5ccccc45)ccc3n2)cc1. The van der Waals surface area contributed by atoms with Crippen LogP contribution in [0.3, 0.4) is 0 Å². The Kier molecular flexibility index (Phi) is 6.67. The van der Waals surface area contributed by atoms with Crippen molar-refractivity contribution >= 4 is 43.7 Å². The van der Waals surface area contributed by atoms with Gasteiger partial charge in [0, 0.05) is 51.4 Å². The highest BCUT2D eigenvalue weighted by molar-refractivity contribution is 6.09. The Bertz CT molecular complexity index is 2900. The van der Waals surface area contributed by atoms with Gasteiger partial charge in [-0.1, -0.05) is 84.9 Å². The summed E-state index contributed by atoms with van der Waals surface area (Å²) < 4.78 is 2.22. The van der Waals surface area contributed by atoms with Crippen LogP contribution < -0.4 is 0 Å². The normalized spacial score (nSPS) is 11.5. The van der Waals surface area contributed by atoms with Crippen molar-refractivity contribution in [3.63, 3.8) is 0 Å². The average Bonchev–Trinajstić information content (AvgIpc) is 3.54. The fourth-order valence-electron chi connectivity index (χ4n) is 6.94. The van der Waals surface area contributed by atoms with E-state index in [1.807, 2.05) is 109 Å². The molecule has 0 radical (unpaired) electrons. The third-order valence-electron chi connectivity index (χ3n) is 9.34. The number of benzene rings is 5. The molecule has 5 heterocycles. The molecule has 0 aliphatic carbocycles. The van der Waals surface area contributed by atoms with Crippen LogP contribution in [0.15, 0.2) is 164 Å². The first-order valence-electron chi connectivity index (χ1n) is 16.8. The molecule has 10 rings (SSSR count). The predicted molar refractivity (Wildman–Crippen MR) is 204 cm³/mol. The van der Waals surface area contributed by atoms with Gasteiger partial charge >= 0.3 is 0 Å². The molecule has 0 unspecified atom stereocenters. The molecule has 0 fully saturated rings. The molecule has 51 heavy (non-hydrogen) atoms. The highest BCUT2D eigenvalue weighted by Crippen LogP contribution is 2.37. The summed E-state index contributed by atoms with van der Waals surface area (Å²) in [6, 6.07) is 49.4. The minimum atomic E-state index is 0.679. The summed E-state index contributed by atoms with van der Waals surface area (Å²) in [6.45, 7) is 0. The first-order chi connectivity index (χ1) is 25.3. The second-order valence-corrected chi connectivity index (χ2v) is 12.4. The monoisotopic (exact) mass is 653 g/mol. The van der Waals surface area contributed by atoms with E-state index < -0.39 is 0 Å². The van der Waals surface area contributed by atoms with Crippen molar-refractivity contribution in [3.05, 3.63) is 164 Å². The number of para-hydroxylation sites is 1. The van der Waals surface area contributed by atoms with E-state index >= 15 is 0 Å². The fourth-order valence-corrected chi connectivity index (χ4v) is 6.94. The minimum absolute atomic E-state index is 0.679. The zero-order valence-electron chi connectivity index (χ0n) is 27.2. The standard InChI is InChI=1S/C44H27N7/c1-3-11-28(12-4-1)42-48-37-21-19-30(25-34(37)40(49-42)32-15-9-23-45-27-32)31-20-22-38-35(26-31)41-39(18-10-24-46-41)51(38)44-33-16-7-8-17-36(33)47-43(50-44)29-13-5-2-6-14-29/h1-27H. The van der Waals surface area contributed by atoms with Crippen LogP contribution >= 0.6 is 0 Å². The average molecular weight is 654 g/mol. The Morgan fingerprint density at radius 3 is 1.82 bits per heavy atom. The molecule has 0 N–H and O–H groups in total. The summed E-state index contributed by atoms with van der Waals surface area (Å²) in [5.41, 5.74) is 10.5. The van der Waals surface area contributed by atoms with Crippen LogP contribution in [0.2, 0.25) is 0 Å². The lowest BCUT2D eigenvalue weighted by Crippen LogP contribution is -2.02. The molecular weight excluding hydrogens is 627 g/mol. The Hall–Kier alpha value is -7.12. The summed E-state index contributed by atoms with van der Waals surface area (Å²) in [5.74, 6) is 2.18. The number of rotatable bonds is 5. The van der Waals surface area contributed by atoms with E-state index in [1.165, 1.54) is 0 Å². The number of hydrogen-bond donors (Lipinski definition) is 0. The zero-order chi connectivity index (χ0) is 33.7. The number of pyridine rings is 2. The molecule has 0 aliphatic rings. The van der Waals surface area contributed by atoms with E-state index in [0.717, 1.165) is 83.1 Å². The molecule has 7 nitrogen and oxygen atoms in total. The quantitative estimate of drug-likeness (QED) is 0.184. The maximum Gasteiger partial charge on any atom is 0.162 e. The van der Waals surface area contributed by atoms with Crippen LogP contribution in [0.1, 0.15) is 0 Å². The Balaban J connectivity index is 1.18. The van der Waals surface area contributed by atoms with Gasteiger partial charge in [-0.25, -0.2) is 19.9 Å². The van der Waals surface area contributed by atoms with E-state index in [-0.39, 0.29) is 0 Å². The summed E-state index contributed by atoms with van der Waals surface area (Å²) in [6.07, 6.45) is 5.49. The van der Waals surface area contributed by atoms with Crippen molar-refractivity contribution in [3.8, 4) is 51.0 Å². The number of fused-ring (bicyclic) bond motifs is 5. The number of hydrogen-bond acceptors (Lipinski definition) is 6. The van der Waals surface area contributed by atoms with E-state index in [4.69, 9.17) is 24.9 Å². The van der Waals surface area contributed by atoms with E-state index in [0.29, 0.717) is 11.6 Å². The molecule has 0 bridgehead atoms. The van der Waals surface area contributed by atoms with Gasteiger partial charge < -0.3 is 0 Å². The predicted octanol–water partition coefficient (Wildman–Crippen LogP) is 10.1. The fraction of sp³-hybridized carbons (Fsp3) is 0. The Labute approximate surface area is 292 Å². The van der Waals surface area contributed by atoms with E-state index in [9.17, 15) is 0 Å². The second kappa shape index (κ2) is 11.8. The van der Waals surface area contributed by atoms with Gasteiger partial charge in [-0.15, -0.1) is 0 Å². The molecular formula is C44H27N7. The van der Waals surface area contributed by atoms with E-state index in [2.05, 4.69) is 58.1 Å². The molecule has 0 aliphatic heterocycles. The molecule has 0 atom stereocenters. The van der Waals surface area contributed by atoms with Gasteiger partial charge in [-0.2, -0.15) is 0 Å². The van der Waals surface area contributed by atoms with Gasteiger partial charge in [0.15, 0.2) is 11.6 Å². The first-order valence-corrected chi connectivity index (χ1v) is 16.8. The third-order valence-corrected chi connectivity index (χ3v) is 9.34. The van der Waals surface area contributed by atoms with Crippen LogP contribution in [0, 0.1) is 0 Å². The Morgan fingerprint density at radius 1 is 0.412 bits per heavy atom. The minimum Gasteiger partial charge on any atom is -0.292 e. The van der Waals surface area contributed by atoms with Crippen LogP contribution in [0.4, 0.5) is 0 Å². The number of aromatic nitrogens is 7. The lowest BCUT2D eigenvalue weighted by molar-refractivity contribution is 1.07. The Morgan fingerprint density at radius 2 is 1.06 bits per heavy atom. The third kappa shape index (κ3) is 4.90. The van der Waals surface area contributed by atoms with Crippen LogP contribution in [0.25, 0.3) is 94.7 Å². The topological polar surface area (TPSA) is 82.3 Å². The number of nitrogens with zero attached hydrogens (tertiary/aromatic N) is 7. The second-order valence-electron chi connectivity index (χ2n) is 12.4. The van der Waals surface area contributed by atoms with Crippen molar-refractivity contribution in [1.82, 2.24) is 34.5 Å². The van der Waals surface area contributed by atoms with Crippen molar-refractivity contribution in [2.75, 3.05) is 0 Å². The summed E-state index contributed by atoms with van der Waals surface area (Å²) in [5, 5.41) is 2.97. The molecule has 7 heteroatoms. The van der Waals surface area contributed by atoms with Gasteiger partial charge in [0.05, 0.1) is 33.3 Å². The molecule has 238 valence electrons. The van der Waals surface area contributed by atoms with Gasteiger partial charge in [0.25, 0.3) is 0 Å². The van der Waals surface area contributed by atoms with Crippen molar-refractivity contribution in [1.29, 1.82) is 0 Å². The van der Waals surface area contributed by atoms with Crippen molar-refractivity contribution < 1.29 is 0 Å². The first kappa shape index (κ1) is 28.9. The van der Waals surface area contributed by atoms with Crippen molar-refractivity contribution in [2.45, 2.75) is 0 Å². The van der Waals surface area contributed by atoms with E-state index in [1.54, 1.807) is 6.20 Å². The summed E-state index contributed by atoms with van der Waals surface area (Å²) in [4.78, 5) is 29.5.